The first-order valence-electron chi connectivity index (χ1n) is 4.52. The van der Waals surface area contributed by atoms with Gasteiger partial charge in [0.05, 0.1) is 17.4 Å². The molecule has 1 aromatic heterocycles. The molecule has 0 radical (unpaired) electrons. The van der Waals surface area contributed by atoms with Gasteiger partial charge in [-0.05, 0) is 25.6 Å². The van der Waals surface area contributed by atoms with Gasteiger partial charge in [0.2, 0.25) is 0 Å². The molecule has 4 nitrogen and oxygen atoms in total. The molecule has 0 saturated carbocycles. The molecule has 0 aliphatic heterocycles. The van der Waals surface area contributed by atoms with Crippen molar-refractivity contribution < 1.29 is 0 Å². The maximum absolute atomic E-state index is 5.32. The zero-order chi connectivity index (χ0) is 10.4. The average molecular weight is 192 g/mol. The number of hydrazine groups is 1. The molecular weight excluding hydrogens is 176 g/mol. The highest BCUT2D eigenvalue weighted by Gasteiger charge is 2.08. The van der Waals surface area contributed by atoms with Crippen LogP contribution in [-0.2, 0) is 0 Å². The molecule has 0 aliphatic carbocycles. The lowest BCUT2D eigenvalue weighted by Crippen LogP contribution is -2.17. The maximum atomic E-state index is 5.32. The van der Waals surface area contributed by atoms with Crippen LogP contribution in [0.2, 0.25) is 0 Å². The van der Waals surface area contributed by atoms with Crippen LogP contribution < -0.4 is 16.6 Å². The van der Waals surface area contributed by atoms with E-state index in [1.165, 1.54) is 0 Å². The van der Waals surface area contributed by atoms with Crippen molar-refractivity contribution in [3.63, 3.8) is 0 Å². The fourth-order valence-corrected chi connectivity index (χ4v) is 1.28. The largest absolute Gasteiger partial charge is 0.324 e. The van der Waals surface area contributed by atoms with Gasteiger partial charge in [0.25, 0.3) is 0 Å². The summed E-state index contributed by atoms with van der Waals surface area (Å²) < 4.78 is 0. The molecule has 76 valence electrons. The topological polar surface area (TPSA) is 63.0 Å². The molecule has 4 N–H and O–H groups in total. The molecule has 1 aromatic rings. The van der Waals surface area contributed by atoms with Crippen molar-refractivity contribution >= 4 is 5.69 Å². The lowest BCUT2D eigenvalue weighted by atomic mass is 10.1. The van der Waals surface area contributed by atoms with Crippen LogP contribution in [0.1, 0.15) is 18.2 Å². The van der Waals surface area contributed by atoms with Gasteiger partial charge >= 0.3 is 0 Å². The van der Waals surface area contributed by atoms with Crippen molar-refractivity contribution in [2.24, 2.45) is 5.84 Å². The highest BCUT2D eigenvalue weighted by molar-refractivity contribution is 5.42. The minimum Gasteiger partial charge on any atom is -0.324 e. The smallest absolute Gasteiger partial charge is 0.0597 e. The fraction of sp³-hybridized carbons (Fsp3) is 0.300. The quantitative estimate of drug-likeness (QED) is 0.373. The van der Waals surface area contributed by atoms with Crippen LogP contribution in [0, 0.1) is 0 Å². The van der Waals surface area contributed by atoms with E-state index in [1.807, 2.05) is 25.3 Å². The van der Waals surface area contributed by atoms with Crippen molar-refractivity contribution in [2.45, 2.75) is 12.5 Å². The van der Waals surface area contributed by atoms with Gasteiger partial charge in [0.15, 0.2) is 0 Å². The number of hydrogen-bond acceptors (Lipinski definition) is 4. The van der Waals surface area contributed by atoms with Gasteiger partial charge in [0.1, 0.15) is 0 Å². The predicted molar refractivity (Wildman–Crippen MR) is 58.7 cm³/mol. The normalized spacial score (nSPS) is 12.1. The zero-order valence-electron chi connectivity index (χ0n) is 8.33. The molecule has 1 rings (SSSR count). The van der Waals surface area contributed by atoms with Crippen LogP contribution in [0.3, 0.4) is 0 Å². The number of rotatable bonds is 5. The van der Waals surface area contributed by atoms with Gasteiger partial charge in [0, 0.05) is 6.20 Å². The van der Waals surface area contributed by atoms with Crippen LogP contribution in [0.15, 0.2) is 31.0 Å². The van der Waals surface area contributed by atoms with E-state index in [-0.39, 0.29) is 6.04 Å². The van der Waals surface area contributed by atoms with Gasteiger partial charge in [-0.3, -0.25) is 10.8 Å². The summed E-state index contributed by atoms with van der Waals surface area (Å²) in [5.41, 5.74) is 4.42. The Labute approximate surface area is 84.2 Å². The third kappa shape index (κ3) is 2.55. The number of hydrogen-bond donors (Lipinski definition) is 3. The molecule has 1 heterocycles. The molecule has 0 unspecified atom stereocenters. The van der Waals surface area contributed by atoms with Gasteiger partial charge in [-0.15, -0.1) is 6.58 Å². The van der Waals surface area contributed by atoms with Crippen molar-refractivity contribution in [1.82, 2.24) is 10.3 Å². The van der Waals surface area contributed by atoms with Crippen LogP contribution in [-0.4, -0.2) is 12.0 Å². The molecule has 0 amide bonds. The summed E-state index contributed by atoms with van der Waals surface area (Å²) in [6, 6.07) is 3.94. The van der Waals surface area contributed by atoms with E-state index in [1.54, 1.807) is 6.20 Å². The van der Waals surface area contributed by atoms with Crippen LogP contribution in [0.25, 0.3) is 0 Å². The number of pyridine rings is 1. The summed E-state index contributed by atoms with van der Waals surface area (Å²) in [4.78, 5) is 4.27. The minimum atomic E-state index is 0.195. The van der Waals surface area contributed by atoms with E-state index >= 15 is 0 Å². The van der Waals surface area contributed by atoms with E-state index < -0.39 is 0 Å². The van der Waals surface area contributed by atoms with Gasteiger partial charge in [-0.2, -0.15) is 0 Å². The molecule has 0 aromatic carbocycles. The Morgan fingerprint density at radius 2 is 2.50 bits per heavy atom. The van der Waals surface area contributed by atoms with Gasteiger partial charge in [-0.25, -0.2) is 0 Å². The summed E-state index contributed by atoms with van der Waals surface area (Å²) in [5.74, 6) is 5.32. The van der Waals surface area contributed by atoms with Crippen LogP contribution in [0.4, 0.5) is 5.69 Å². The average Bonchev–Trinajstić information content (AvgIpc) is 2.26. The van der Waals surface area contributed by atoms with Crippen molar-refractivity contribution in [3.05, 3.63) is 36.7 Å². The first-order chi connectivity index (χ1) is 6.81. The Hall–Kier alpha value is -1.39. The monoisotopic (exact) mass is 192 g/mol. The molecular formula is C10H16N4. The third-order valence-corrected chi connectivity index (χ3v) is 2.06. The maximum Gasteiger partial charge on any atom is 0.0597 e. The third-order valence-electron chi connectivity index (χ3n) is 2.06. The number of anilines is 1. The summed E-state index contributed by atoms with van der Waals surface area (Å²) in [6.45, 7) is 3.71. The lowest BCUT2D eigenvalue weighted by molar-refractivity contribution is 0.587. The Kier molecular flexibility index (Phi) is 4.10. The SMILES string of the molecule is C=CC[C@H](NC)c1cc(NN)ccn1. The summed E-state index contributed by atoms with van der Waals surface area (Å²) in [5, 5.41) is 3.17. The summed E-state index contributed by atoms with van der Waals surface area (Å²) in [7, 11) is 1.90. The number of nitrogens with zero attached hydrogens (tertiary/aromatic N) is 1. The van der Waals surface area contributed by atoms with Crippen molar-refractivity contribution in [3.8, 4) is 0 Å². The second-order valence-corrected chi connectivity index (χ2v) is 2.98. The zero-order valence-corrected chi connectivity index (χ0v) is 8.33. The van der Waals surface area contributed by atoms with E-state index in [9.17, 15) is 0 Å². The number of nitrogens with one attached hydrogen (secondary N) is 2. The Balaban J connectivity index is 2.85. The van der Waals surface area contributed by atoms with Crippen molar-refractivity contribution in [1.29, 1.82) is 0 Å². The number of aromatic nitrogens is 1. The molecule has 0 aliphatic rings. The second kappa shape index (κ2) is 5.36. The highest BCUT2D eigenvalue weighted by Crippen LogP contribution is 2.17. The molecule has 0 spiro atoms. The van der Waals surface area contributed by atoms with Crippen molar-refractivity contribution in [2.75, 3.05) is 12.5 Å². The predicted octanol–water partition coefficient (Wildman–Crippen LogP) is 1.20. The number of nitrogens with two attached hydrogens (primary N) is 1. The summed E-state index contributed by atoms with van der Waals surface area (Å²) >= 11 is 0. The molecule has 4 heteroatoms. The first-order valence-corrected chi connectivity index (χ1v) is 4.52. The van der Waals surface area contributed by atoms with Crippen LogP contribution in [0.5, 0.6) is 0 Å². The van der Waals surface area contributed by atoms with Gasteiger partial charge in [-0.1, -0.05) is 6.08 Å². The first kappa shape index (κ1) is 10.7. The highest BCUT2D eigenvalue weighted by atomic mass is 15.2. The molecule has 0 fully saturated rings. The minimum absolute atomic E-state index is 0.195. The Morgan fingerprint density at radius 3 is 3.07 bits per heavy atom. The summed E-state index contributed by atoms with van der Waals surface area (Å²) in [6.07, 6.45) is 4.45. The van der Waals surface area contributed by atoms with Gasteiger partial charge < -0.3 is 10.7 Å². The molecule has 0 saturated heterocycles. The molecule has 14 heavy (non-hydrogen) atoms. The Morgan fingerprint density at radius 1 is 1.71 bits per heavy atom. The van der Waals surface area contributed by atoms with E-state index in [0.717, 1.165) is 17.8 Å². The lowest BCUT2D eigenvalue weighted by Gasteiger charge is -2.14. The van der Waals surface area contributed by atoms with E-state index in [2.05, 4.69) is 22.3 Å². The fourth-order valence-electron chi connectivity index (χ4n) is 1.28. The molecule has 1 atom stereocenters. The number of nitrogen functional groups attached to an aromatic ring is 1. The second-order valence-electron chi connectivity index (χ2n) is 2.98. The van der Waals surface area contributed by atoms with E-state index in [4.69, 9.17) is 5.84 Å². The Bertz CT molecular complexity index is 298. The van der Waals surface area contributed by atoms with Crippen LogP contribution >= 0.6 is 0 Å². The molecule has 0 bridgehead atoms. The van der Waals surface area contributed by atoms with E-state index in [0.29, 0.717) is 0 Å². The standard InChI is InChI=1S/C10H16N4/c1-3-4-9(12-2)10-7-8(14-11)5-6-13-10/h3,5-7,9,12H,1,4,11H2,2H3,(H,13,14)/t9-/m0/s1.